The minimum Gasteiger partial charge on any atom is -0.366 e. The van der Waals surface area contributed by atoms with Crippen molar-refractivity contribution in [2.45, 2.75) is 13.5 Å². The normalized spacial score (nSPS) is 11.5. The van der Waals surface area contributed by atoms with E-state index in [4.69, 9.17) is 5.73 Å². The number of primary amides is 1. The SMILES string of the molecule is Cc1ccc2cc(Cn3c4cc(F)ccc4c4c(C(N)=O)cccc43)ccc2c1. The summed E-state index contributed by atoms with van der Waals surface area (Å²) in [6.45, 7) is 2.64. The number of halogens is 1. The molecule has 0 aliphatic carbocycles. The van der Waals surface area contributed by atoms with Crippen LogP contribution in [0.2, 0.25) is 0 Å². The lowest BCUT2D eigenvalue weighted by Gasteiger charge is -2.10. The molecule has 0 bridgehead atoms. The Morgan fingerprint density at radius 1 is 0.931 bits per heavy atom. The fourth-order valence-corrected chi connectivity index (χ4v) is 4.19. The molecular formula is C25H19FN2O. The van der Waals surface area contributed by atoms with Crippen LogP contribution in [-0.4, -0.2) is 10.5 Å². The topological polar surface area (TPSA) is 48.0 Å². The number of aromatic nitrogens is 1. The Balaban J connectivity index is 1.75. The van der Waals surface area contributed by atoms with Gasteiger partial charge in [-0.3, -0.25) is 4.79 Å². The van der Waals surface area contributed by atoms with Crippen molar-refractivity contribution in [3.63, 3.8) is 0 Å². The smallest absolute Gasteiger partial charge is 0.249 e. The van der Waals surface area contributed by atoms with Crippen molar-refractivity contribution in [2.75, 3.05) is 0 Å². The largest absolute Gasteiger partial charge is 0.366 e. The molecule has 0 radical (unpaired) electrons. The average Bonchev–Trinajstić information content (AvgIpc) is 3.01. The Bertz CT molecular complexity index is 1430. The van der Waals surface area contributed by atoms with Crippen LogP contribution < -0.4 is 5.73 Å². The third-order valence-corrected chi connectivity index (χ3v) is 5.52. The summed E-state index contributed by atoms with van der Waals surface area (Å²) in [6.07, 6.45) is 0. The van der Waals surface area contributed by atoms with E-state index in [0.29, 0.717) is 12.1 Å². The molecule has 0 aliphatic rings. The molecule has 0 atom stereocenters. The zero-order valence-corrected chi connectivity index (χ0v) is 15.9. The van der Waals surface area contributed by atoms with E-state index in [-0.39, 0.29) is 5.82 Å². The predicted octanol–water partition coefficient (Wildman–Crippen LogP) is 5.54. The van der Waals surface area contributed by atoms with Gasteiger partial charge in [0.1, 0.15) is 5.82 Å². The fourth-order valence-electron chi connectivity index (χ4n) is 4.19. The predicted molar refractivity (Wildman–Crippen MR) is 116 cm³/mol. The maximum Gasteiger partial charge on any atom is 0.249 e. The number of fused-ring (bicyclic) bond motifs is 4. The van der Waals surface area contributed by atoms with Gasteiger partial charge in [0.05, 0.1) is 11.0 Å². The van der Waals surface area contributed by atoms with Crippen LogP contribution in [0.15, 0.2) is 72.8 Å². The molecule has 0 fully saturated rings. The Kier molecular flexibility index (Phi) is 3.88. The van der Waals surface area contributed by atoms with Gasteiger partial charge in [0.25, 0.3) is 0 Å². The van der Waals surface area contributed by atoms with Gasteiger partial charge < -0.3 is 10.3 Å². The summed E-state index contributed by atoms with van der Waals surface area (Å²) in [6, 6.07) is 22.9. The summed E-state index contributed by atoms with van der Waals surface area (Å²) < 4.78 is 16.1. The monoisotopic (exact) mass is 382 g/mol. The molecule has 0 aliphatic heterocycles. The average molecular weight is 382 g/mol. The fraction of sp³-hybridized carbons (Fsp3) is 0.0800. The van der Waals surface area contributed by atoms with Gasteiger partial charge in [-0.2, -0.15) is 0 Å². The lowest BCUT2D eigenvalue weighted by molar-refractivity contribution is 0.100. The molecular weight excluding hydrogens is 363 g/mol. The molecule has 2 N–H and O–H groups in total. The van der Waals surface area contributed by atoms with Gasteiger partial charge in [0.15, 0.2) is 0 Å². The van der Waals surface area contributed by atoms with E-state index in [2.05, 4.69) is 47.9 Å². The van der Waals surface area contributed by atoms with Crippen LogP contribution in [0.4, 0.5) is 4.39 Å². The molecule has 4 heteroatoms. The van der Waals surface area contributed by atoms with Crippen molar-refractivity contribution >= 4 is 38.5 Å². The van der Waals surface area contributed by atoms with Crippen LogP contribution in [0, 0.1) is 12.7 Å². The van der Waals surface area contributed by atoms with Gasteiger partial charge in [-0.05, 0) is 59.7 Å². The number of hydrogen-bond acceptors (Lipinski definition) is 1. The van der Waals surface area contributed by atoms with Gasteiger partial charge >= 0.3 is 0 Å². The zero-order valence-electron chi connectivity index (χ0n) is 15.9. The first-order valence-electron chi connectivity index (χ1n) is 9.51. The van der Waals surface area contributed by atoms with E-state index >= 15 is 0 Å². The quantitative estimate of drug-likeness (QED) is 0.437. The first kappa shape index (κ1) is 17.4. The highest BCUT2D eigenvalue weighted by molar-refractivity contribution is 6.17. The second kappa shape index (κ2) is 6.45. The Hall–Kier alpha value is -3.66. The lowest BCUT2D eigenvalue weighted by Crippen LogP contribution is -2.11. The summed E-state index contributed by atoms with van der Waals surface area (Å²) in [5.41, 5.74) is 10.0. The number of rotatable bonds is 3. The highest BCUT2D eigenvalue weighted by Gasteiger charge is 2.17. The molecule has 142 valence electrons. The van der Waals surface area contributed by atoms with E-state index < -0.39 is 5.91 Å². The first-order chi connectivity index (χ1) is 14.0. The first-order valence-corrected chi connectivity index (χ1v) is 9.51. The van der Waals surface area contributed by atoms with E-state index in [9.17, 15) is 9.18 Å². The molecule has 0 spiro atoms. The molecule has 0 saturated carbocycles. The molecule has 1 amide bonds. The zero-order chi connectivity index (χ0) is 20.1. The van der Waals surface area contributed by atoms with Crippen LogP contribution >= 0.6 is 0 Å². The van der Waals surface area contributed by atoms with E-state index in [1.165, 1.54) is 23.1 Å². The number of benzene rings is 4. The molecule has 29 heavy (non-hydrogen) atoms. The Labute approximate surface area is 167 Å². The summed E-state index contributed by atoms with van der Waals surface area (Å²) in [4.78, 5) is 12.0. The van der Waals surface area contributed by atoms with Crippen LogP contribution in [0.25, 0.3) is 32.6 Å². The van der Waals surface area contributed by atoms with E-state index in [1.807, 2.05) is 12.1 Å². The molecule has 5 aromatic rings. The summed E-state index contributed by atoms with van der Waals surface area (Å²) >= 11 is 0. The van der Waals surface area contributed by atoms with Crippen LogP contribution in [-0.2, 0) is 6.54 Å². The third-order valence-electron chi connectivity index (χ3n) is 5.52. The van der Waals surface area contributed by atoms with Gasteiger partial charge in [-0.15, -0.1) is 0 Å². The highest BCUT2D eigenvalue weighted by Crippen LogP contribution is 2.33. The number of carbonyl (C=O) groups excluding carboxylic acids is 1. The second-order valence-electron chi connectivity index (χ2n) is 7.50. The third kappa shape index (κ3) is 2.85. The number of carbonyl (C=O) groups is 1. The lowest BCUT2D eigenvalue weighted by atomic mass is 10.0. The Morgan fingerprint density at radius 2 is 1.72 bits per heavy atom. The standard InChI is InChI=1S/C25H19FN2O/c1-15-5-7-18-12-16(6-8-17(18)11-15)14-28-22-4-2-3-21(25(27)29)24(22)20-10-9-19(26)13-23(20)28/h2-13H,14H2,1H3,(H2,27,29). The number of nitrogens with two attached hydrogens (primary N) is 1. The van der Waals surface area contributed by atoms with Crippen LogP contribution in [0.1, 0.15) is 21.5 Å². The summed E-state index contributed by atoms with van der Waals surface area (Å²) in [7, 11) is 0. The highest BCUT2D eigenvalue weighted by atomic mass is 19.1. The van der Waals surface area contributed by atoms with Gasteiger partial charge in [-0.1, -0.05) is 42.0 Å². The van der Waals surface area contributed by atoms with Crippen LogP contribution in [0.5, 0.6) is 0 Å². The maximum absolute atomic E-state index is 14.1. The van der Waals surface area contributed by atoms with Crippen molar-refractivity contribution in [1.82, 2.24) is 4.57 Å². The minimum atomic E-state index is -0.486. The molecule has 5 rings (SSSR count). The number of amides is 1. The summed E-state index contributed by atoms with van der Waals surface area (Å²) in [5, 5.41) is 3.95. The molecule has 3 nitrogen and oxygen atoms in total. The molecule has 0 unspecified atom stereocenters. The van der Waals surface area contributed by atoms with Gasteiger partial charge in [0, 0.05) is 22.9 Å². The molecule has 4 aromatic carbocycles. The van der Waals surface area contributed by atoms with Crippen molar-refractivity contribution < 1.29 is 9.18 Å². The van der Waals surface area contributed by atoms with Crippen LogP contribution in [0.3, 0.4) is 0 Å². The maximum atomic E-state index is 14.1. The van der Waals surface area contributed by atoms with Crippen molar-refractivity contribution in [2.24, 2.45) is 5.73 Å². The van der Waals surface area contributed by atoms with E-state index in [0.717, 1.165) is 32.8 Å². The second-order valence-corrected chi connectivity index (χ2v) is 7.50. The Morgan fingerprint density at radius 3 is 2.55 bits per heavy atom. The number of hydrogen-bond donors (Lipinski definition) is 1. The summed E-state index contributed by atoms with van der Waals surface area (Å²) in [5.74, 6) is -0.795. The van der Waals surface area contributed by atoms with E-state index in [1.54, 1.807) is 12.1 Å². The van der Waals surface area contributed by atoms with Crippen molar-refractivity contribution in [3.8, 4) is 0 Å². The van der Waals surface area contributed by atoms with Crippen molar-refractivity contribution in [3.05, 3.63) is 95.3 Å². The van der Waals surface area contributed by atoms with Gasteiger partial charge in [0.2, 0.25) is 5.91 Å². The molecule has 1 aromatic heterocycles. The van der Waals surface area contributed by atoms with Crippen molar-refractivity contribution in [1.29, 1.82) is 0 Å². The number of aryl methyl sites for hydroxylation is 1. The minimum absolute atomic E-state index is 0.309. The molecule has 1 heterocycles. The van der Waals surface area contributed by atoms with Gasteiger partial charge in [-0.25, -0.2) is 4.39 Å². The number of nitrogens with zero attached hydrogens (tertiary/aromatic N) is 1. The molecule has 0 saturated heterocycles.